The minimum atomic E-state index is -1.08. The van der Waals surface area contributed by atoms with E-state index < -0.39 is 11.9 Å². The molecular weight excluding hydrogens is 296 g/mol. The van der Waals surface area contributed by atoms with Crippen LogP contribution in [0.3, 0.4) is 0 Å². The zero-order chi connectivity index (χ0) is 16.7. The number of hydrogen-bond donors (Lipinski definition) is 2. The van der Waals surface area contributed by atoms with Crippen molar-refractivity contribution >= 4 is 18.0 Å². The van der Waals surface area contributed by atoms with Gasteiger partial charge in [0.2, 0.25) is 0 Å². The third-order valence-electron chi connectivity index (χ3n) is 3.07. The average molecular weight is 312 g/mol. The van der Waals surface area contributed by atoms with Crippen molar-refractivity contribution in [2.45, 2.75) is 13.0 Å². The topological polar surface area (TPSA) is 83.8 Å². The third-order valence-corrected chi connectivity index (χ3v) is 3.07. The number of aliphatic carboxylic acids is 2. The van der Waals surface area contributed by atoms with Gasteiger partial charge in [-0.2, -0.15) is 0 Å². The number of carboxylic acid groups (broad SMARTS) is 2. The van der Waals surface area contributed by atoms with Gasteiger partial charge in [-0.15, -0.1) is 0 Å². The Hall–Kier alpha value is -3.08. The molecule has 0 spiro atoms. The Bertz CT molecular complexity index is 719. The highest BCUT2D eigenvalue weighted by molar-refractivity contribution is 5.86. The van der Waals surface area contributed by atoms with Crippen molar-refractivity contribution in [2.24, 2.45) is 0 Å². The zero-order valence-corrected chi connectivity index (χ0v) is 12.3. The number of hydrogen-bond acceptors (Lipinski definition) is 3. The van der Waals surface area contributed by atoms with Gasteiger partial charge in [0.1, 0.15) is 12.4 Å². The maximum atomic E-state index is 10.8. The van der Waals surface area contributed by atoms with Crippen molar-refractivity contribution < 1.29 is 24.5 Å². The summed E-state index contributed by atoms with van der Waals surface area (Å²) in [6, 6.07) is 14.5. The summed E-state index contributed by atoms with van der Waals surface area (Å²) in [7, 11) is 0. The van der Waals surface area contributed by atoms with Crippen LogP contribution >= 0.6 is 0 Å². The van der Waals surface area contributed by atoms with Crippen LogP contribution in [-0.2, 0) is 22.6 Å². The van der Waals surface area contributed by atoms with Crippen LogP contribution in [0.1, 0.15) is 16.7 Å². The van der Waals surface area contributed by atoms with E-state index in [1.54, 1.807) is 18.2 Å². The molecule has 0 unspecified atom stereocenters. The molecule has 2 aromatic rings. The normalized spacial score (nSPS) is 10.6. The SMILES string of the molecule is O=C(O)C=Cc1cc(CC(=O)O)ccc1OCc1ccccc1. The summed E-state index contributed by atoms with van der Waals surface area (Å²) in [5.74, 6) is -1.53. The van der Waals surface area contributed by atoms with E-state index in [1.165, 1.54) is 6.08 Å². The first-order valence-corrected chi connectivity index (χ1v) is 6.97. The number of carbonyl (C=O) groups is 2. The summed E-state index contributed by atoms with van der Waals surface area (Å²) in [6.45, 7) is 0.340. The molecule has 0 atom stereocenters. The largest absolute Gasteiger partial charge is 0.488 e. The summed E-state index contributed by atoms with van der Waals surface area (Å²) < 4.78 is 5.72. The highest BCUT2D eigenvalue weighted by Gasteiger charge is 2.07. The van der Waals surface area contributed by atoms with Gasteiger partial charge in [-0.05, 0) is 29.3 Å². The van der Waals surface area contributed by atoms with Crippen LogP contribution < -0.4 is 4.74 Å². The van der Waals surface area contributed by atoms with Crippen molar-refractivity contribution in [1.82, 2.24) is 0 Å². The molecule has 0 fully saturated rings. The maximum absolute atomic E-state index is 10.8. The van der Waals surface area contributed by atoms with E-state index in [1.807, 2.05) is 30.3 Å². The first-order valence-electron chi connectivity index (χ1n) is 6.97. The van der Waals surface area contributed by atoms with Gasteiger partial charge in [-0.1, -0.05) is 36.4 Å². The maximum Gasteiger partial charge on any atom is 0.328 e. The van der Waals surface area contributed by atoms with Gasteiger partial charge >= 0.3 is 11.9 Å². The molecule has 0 aliphatic carbocycles. The van der Waals surface area contributed by atoms with Crippen molar-refractivity contribution in [3.05, 3.63) is 71.3 Å². The van der Waals surface area contributed by atoms with E-state index in [4.69, 9.17) is 14.9 Å². The second-order valence-corrected chi connectivity index (χ2v) is 4.89. The molecule has 23 heavy (non-hydrogen) atoms. The van der Waals surface area contributed by atoms with Gasteiger partial charge < -0.3 is 14.9 Å². The van der Waals surface area contributed by atoms with Crippen molar-refractivity contribution in [3.63, 3.8) is 0 Å². The first kappa shape index (κ1) is 16.3. The number of benzene rings is 2. The molecule has 0 amide bonds. The molecule has 0 radical (unpaired) electrons. The molecule has 0 aliphatic heterocycles. The molecule has 2 rings (SSSR count). The van der Waals surface area contributed by atoms with Crippen LogP contribution in [-0.4, -0.2) is 22.2 Å². The summed E-state index contributed by atoms with van der Waals surface area (Å²) in [4.78, 5) is 21.5. The van der Waals surface area contributed by atoms with E-state index in [0.29, 0.717) is 23.5 Å². The highest BCUT2D eigenvalue weighted by atomic mass is 16.5. The summed E-state index contributed by atoms with van der Waals surface area (Å²) in [5.41, 5.74) is 2.09. The van der Waals surface area contributed by atoms with E-state index in [2.05, 4.69) is 0 Å². The van der Waals surface area contributed by atoms with Crippen LogP contribution in [0, 0.1) is 0 Å². The number of carboxylic acids is 2. The average Bonchev–Trinajstić information content (AvgIpc) is 2.52. The van der Waals surface area contributed by atoms with Gasteiger partial charge in [0, 0.05) is 11.6 Å². The van der Waals surface area contributed by atoms with Crippen LogP contribution in [0.15, 0.2) is 54.6 Å². The molecule has 5 heteroatoms. The van der Waals surface area contributed by atoms with Gasteiger partial charge in [-0.3, -0.25) is 4.79 Å². The van der Waals surface area contributed by atoms with E-state index in [9.17, 15) is 9.59 Å². The number of rotatable bonds is 7. The monoisotopic (exact) mass is 312 g/mol. The van der Waals surface area contributed by atoms with Gasteiger partial charge in [0.05, 0.1) is 6.42 Å². The molecule has 0 heterocycles. The standard InChI is InChI=1S/C18H16O5/c19-17(20)9-7-15-10-14(11-18(21)22)6-8-16(15)23-12-13-4-2-1-3-5-13/h1-10H,11-12H2,(H,19,20)(H,21,22). The predicted octanol–water partition coefficient (Wildman–Crippen LogP) is 2.99. The fourth-order valence-electron chi connectivity index (χ4n) is 2.04. The Balaban J connectivity index is 2.22. The Morgan fingerprint density at radius 2 is 1.74 bits per heavy atom. The van der Waals surface area contributed by atoms with Crippen molar-refractivity contribution in [3.8, 4) is 5.75 Å². The molecule has 2 N–H and O–H groups in total. The zero-order valence-electron chi connectivity index (χ0n) is 12.3. The van der Waals surface area contributed by atoms with Gasteiger partial charge in [-0.25, -0.2) is 4.79 Å². The van der Waals surface area contributed by atoms with Gasteiger partial charge in [0.25, 0.3) is 0 Å². The number of ether oxygens (including phenoxy) is 1. The predicted molar refractivity (Wildman–Crippen MR) is 85.2 cm³/mol. The molecule has 0 aromatic heterocycles. The Morgan fingerprint density at radius 3 is 2.39 bits per heavy atom. The van der Waals surface area contributed by atoms with E-state index in [-0.39, 0.29) is 6.42 Å². The molecule has 118 valence electrons. The Morgan fingerprint density at radius 1 is 1.00 bits per heavy atom. The second-order valence-electron chi connectivity index (χ2n) is 4.89. The lowest BCUT2D eigenvalue weighted by molar-refractivity contribution is -0.136. The van der Waals surface area contributed by atoms with E-state index in [0.717, 1.165) is 11.6 Å². The Labute approximate surface area is 133 Å². The molecule has 2 aromatic carbocycles. The van der Waals surface area contributed by atoms with Crippen molar-refractivity contribution in [1.29, 1.82) is 0 Å². The lowest BCUT2D eigenvalue weighted by Gasteiger charge is -2.11. The highest BCUT2D eigenvalue weighted by Crippen LogP contribution is 2.23. The molecule has 0 aliphatic rings. The molecule has 0 saturated carbocycles. The van der Waals surface area contributed by atoms with Gasteiger partial charge in [0.15, 0.2) is 0 Å². The summed E-state index contributed by atoms with van der Waals surface area (Å²) >= 11 is 0. The molecule has 0 saturated heterocycles. The molecular formula is C18H16O5. The van der Waals surface area contributed by atoms with Crippen LogP contribution in [0.4, 0.5) is 0 Å². The smallest absolute Gasteiger partial charge is 0.328 e. The van der Waals surface area contributed by atoms with E-state index >= 15 is 0 Å². The van der Waals surface area contributed by atoms with Crippen molar-refractivity contribution in [2.75, 3.05) is 0 Å². The second kappa shape index (κ2) is 7.79. The van der Waals surface area contributed by atoms with Crippen LogP contribution in [0.25, 0.3) is 6.08 Å². The summed E-state index contributed by atoms with van der Waals surface area (Å²) in [5, 5.41) is 17.6. The fraction of sp³-hybridized carbons (Fsp3) is 0.111. The minimum Gasteiger partial charge on any atom is -0.488 e. The fourth-order valence-corrected chi connectivity index (χ4v) is 2.04. The quantitative estimate of drug-likeness (QED) is 0.768. The Kier molecular flexibility index (Phi) is 5.52. The van der Waals surface area contributed by atoms with Crippen LogP contribution in [0.2, 0.25) is 0 Å². The minimum absolute atomic E-state index is 0.132. The third kappa shape index (κ3) is 5.32. The summed E-state index contributed by atoms with van der Waals surface area (Å²) in [6.07, 6.45) is 2.26. The first-order chi connectivity index (χ1) is 11.0. The lowest BCUT2D eigenvalue weighted by Crippen LogP contribution is -2.02. The lowest BCUT2D eigenvalue weighted by atomic mass is 10.1. The molecule has 5 nitrogen and oxygen atoms in total. The van der Waals surface area contributed by atoms with Crippen LogP contribution in [0.5, 0.6) is 5.75 Å². The molecule has 0 bridgehead atoms.